The third-order valence-corrected chi connectivity index (χ3v) is 7.98. The molecule has 2 aromatic carbocycles. The highest BCUT2D eigenvalue weighted by atomic mass is 31.2. The molecule has 2 rings (SSSR count). The average Bonchev–Trinajstić information content (AvgIpc) is 2.79. The number of rotatable bonds is 18. The summed E-state index contributed by atoms with van der Waals surface area (Å²) in [6.07, 6.45) is 12.8. The molecule has 0 aromatic heterocycles. The van der Waals surface area contributed by atoms with Crippen molar-refractivity contribution in [2.75, 3.05) is 6.16 Å². The largest absolute Gasteiger partial charge is 0.331 e. The zero-order valence-corrected chi connectivity index (χ0v) is 21.6. The maximum atomic E-state index is 13.8. The predicted molar refractivity (Wildman–Crippen MR) is 141 cm³/mol. The first-order chi connectivity index (χ1) is 16.0. The van der Waals surface area contributed by atoms with Crippen LogP contribution in [0.5, 0.6) is 0 Å². The minimum absolute atomic E-state index is 0.160. The molecular formula is C29H43O3P. The fraction of sp³-hybridized carbons (Fsp3) is 0.517. The average molecular weight is 471 g/mol. The van der Waals surface area contributed by atoms with E-state index in [4.69, 9.17) is 9.05 Å². The number of hydrogen-bond acceptors (Lipinski definition) is 3. The van der Waals surface area contributed by atoms with Crippen molar-refractivity contribution in [2.45, 2.75) is 90.3 Å². The molecular weight excluding hydrogens is 427 g/mol. The van der Waals surface area contributed by atoms with Crippen molar-refractivity contribution in [3.8, 4) is 0 Å². The Kier molecular flexibility index (Phi) is 13.4. The van der Waals surface area contributed by atoms with Crippen LogP contribution < -0.4 is 0 Å². The summed E-state index contributed by atoms with van der Waals surface area (Å²) in [5, 5.41) is 0. The fourth-order valence-corrected chi connectivity index (χ4v) is 6.24. The summed E-state index contributed by atoms with van der Waals surface area (Å²) in [6, 6.07) is 20.4. The summed E-state index contributed by atoms with van der Waals surface area (Å²) in [5.41, 5.74) is 2.37. The van der Waals surface area contributed by atoms with Crippen LogP contribution in [0.3, 0.4) is 0 Å². The molecule has 33 heavy (non-hydrogen) atoms. The molecule has 2 unspecified atom stereocenters. The van der Waals surface area contributed by atoms with Gasteiger partial charge in [-0.05, 0) is 57.1 Å². The van der Waals surface area contributed by atoms with Crippen molar-refractivity contribution in [1.82, 2.24) is 0 Å². The van der Waals surface area contributed by atoms with E-state index in [0.717, 1.165) is 32.1 Å². The first-order valence-corrected chi connectivity index (χ1v) is 14.4. The van der Waals surface area contributed by atoms with E-state index in [1.165, 1.54) is 43.2 Å². The number of allylic oxidation sites excluding steroid dienone is 1. The van der Waals surface area contributed by atoms with Gasteiger partial charge in [-0.1, -0.05) is 98.8 Å². The normalized spacial score (nSPS) is 15.0. The second-order valence-corrected chi connectivity index (χ2v) is 11.2. The monoisotopic (exact) mass is 470 g/mol. The van der Waals surface area contributed by atoms with Crippen molar-refractivity contribution < 1.29 is 13.6 Å². The van der Waals surface area contributed by atoms with Gasteiger partial charge in [0.2, 0.25) is 0 Å². The van der Waals surface area contributed by atoms with E-state index in [9.17, 15) is 4.57 Å². The highest BCUT2D eigenvalue weighted by Gasteiger charge is 2.29. The maximum absolute atomic E-state index is 13.8. The zero-order chi connectivity index (χ0) is 23.8. The van der Waals surface area contributed by atoms with Crippen LogP contribution >= 0.6 is 7.60 Å². The molecule has 2 atom stereocenters. The lowest BCUT2D eigenvalue weighted by atomic mass is 10.1. The summed E-state index contributed by atoms with van der Waals surface area (Å²) in [5.74, 6) is 0. The van der Waals surface area contributed by atoms with Gasteiger partial charge in [0.05, 0.1) is 18.4 Å². The van der Waals surface area contributed by atoms with Gasteiger partial charge in [-0.2, -0.15) is 0 Å². The molecule has 3 nitrogen and oxygen atoms in total. The van der Waals surface area contributed by atoms with Gasteiger partial charge in [0.15, 0.2) is 0 Å². The summed E-state index contributed by atoms with van der Waals surface area (Å²) in [4.78, 5) is 0. The Bertz CT molecular complexity index is 753. The molecule has 0 N–H and O–H groups in total. The molecule has 0 amide bonds. The third-order valence-electron chi connectivity index (χ3n) is 5.75. The summed E-state index contributed by atoms with van der Waals surface area (Å²) < 4.78 is 26.1. The lowest BCUT2D eigenvalue weighted by molar-refractivity contribution is 0.127. The highest BCUT2D eigenvalue weighted by Crippen LogP contribution is 2.52. The van der Waals surface area contributed by atoms with Gasteiger partial charge in [0.25, 0.3) is 0 Å². The van der Waals surface area contributed by atoms with Crippen LogP contribution in [0, 0.1) is 0 Å². The Labute approximate surface area is 202 Å². The molecule has 0 spiro atoms. The Morgan fingerprint density at radius 2 is 1.15 bits per heavy atom. The Morgan fingerprint density at radius 3 is 1.61 bits per heavy atom. The zero-order valence-electron chi connectivity index (χ0n) is 20.7. The van der Waals surface area contributed by atoms with Crippen LogP contribution in [0.2, 0.25) is 0 Å². The molecule has 0 saturated heterocycles. The predicted octanol–water partition coefficient (Wildman–Crippen LogP) is 8.78. The van der Waals surface area contributed by atoms with Gasteiger partial charge < -0.3 is 9.05 Å². The second-order valence-electron chi connectivity index (χ2n) is 9.10. The van der Waals surface area contributed by atoms with E-state index in [-0.39, 0.29) is 12.2 Å². The quantitative estimate of drug-likeness (QED) is 0.124. The van der Waals surface area contributed by atoms with Crippen molar-refractivity contribution >= 4 is 7.60 Å². The van der Waals surface area contributed by atoms with Crippen molar-refractivity contribution in [3.05, 3.63) is 84.4 Å². The lowest BCUT2D eigenvalue weighted by Gasteiger charge is -2.26. The molecule has 0 radical (unpaired) electrons. The van der Waals surface area contributed by atoms with Gasteiger partial charge in [-0.25, -0.2) is 0 Å². The van der Waals surface area contributed by atoms with E-state index < -0.39 is 7.60 Å². The minimum Gasteiger partial charge on any atom is -0.305 e. The molecule has 0 fully saturated rings. The van der Waals surface area contributed by atoms with E-state index in [2.05, 4.69) is 30.8 Å². The number of unbranched alkanes of at least 4 members (excludes halogenated alkanes) is 7. The van der Waals surface area contributed by atoms with Gasteiger partial charge in [0, 0.05) is 0 Å². The molecule has 0 aliphatic rings. The van der Waals surface area contributed by atoms with Gasteiger partial charge in [-0.3, -0.25) is 4.57 Å². The van der Waals surface area contributed by atoms with E-state index in [1.807, 2.05) is 56.3 Å². The van der Waals surface area contributed by atoms with Gasteiger partial charge in [-0.15, -0.1) is 6.58 Å². The topological polar surface area (TPSA) is 35.5 Å². The summed E-state index contributed by atoms with van der Waals surface area (Å²) in [7, 11) is -3.19. The molecule has 0 saturated carbocycles. The summed E-state index contributed by atoms with van der Waals surface area (Å²) in [6.45, 7) is 7.77. The van der Waals surface area contributed by atoms with E-state index in [0.29, 0.717) is 6.16 Å². The standard InChI is InChI=1S/C29H43O3P/c1-4-5-6-7-8-9-10-11-18-23-33(30,31-26(2)24-28-19-14-12-15-20-28)32-27(3)25-29-21-16-13-17-22-29/h4,12-17,19-22,26-27H,1,5-11,18,23-25H2,2-3H3. The molecule has 182 valence electrons. The Balaban J connectivity index is 1.86. The third kappa shape index (κ3) is 12.4. The van der Waals surface area contributed by atoms with E-state index in [1.54, 1.807) is 0 Å². The first kappa shape index (κ1) is 27.6. The highest BCUT2D eigenvalue weighted by molar-refractivity contribution is 7.53. The SMILES string of the molecule is C=CCCCCCCCCCP(=O)(OC(C)Cc1ccccc1)OC(C)Cc1ccccc1. The van der Waals surface area contributed by atoms with Crippen LogP contribution in [0.1, 0.15) is 76.3 Å². The lowest BCUT2D eigenvalue weighted by Crippen LogP contribution is -2.17. The van der Waals surface area contributed by atoms with Gasteiger partial charge in [0.1, 0.15) is 0 Å². The summed E-state index contributed by atoms with van der Waals surface area (Å²) >= 11 is 0. The first-order valence-electron chi connectivity index (χ1n) is 12.7. The maximum Gasteiger partial charge on any atom is 0.331 e. The fourth-order valence-electron chi connectivity index (χ4n) is 4.12. The van der Waals surface area contributed by atoms with Crippen molar-refractivity contribution in [3.63, 3.8) is 0 Å². The van der Waals surface area contributed by atoms with Crippen LogP contribution in [0.25, 0.3) is 0 Å². The molecule has 0 aliphatic carbocycles. The van der Waals surface area contributed by atoms with Crippen LogP contribution in [0.15, 0.2) is 73.3 Å². The van der Waals surface area contributed by atoms with Crippen molar-refractivity contribution in [1.29, 1.82) is 0 Å². The Morgan fingerprint density at radius 1 is 0.727 bits per heavy atom. The molecule has 2 aromatic rings. The van der Waals surface area contributed by atoms with Crippen molar-refractivity contribution in [2.24, 2.45) is 0 Å². The molecule has 0 heterocycles. The Hall–Kier alpha value is -1.67. The van der Waals surface area contributed by atoms with Crippen LogP contribution in [-0.2, 0) is 26.5 Å². The second kappa shape index (κ2) is 16.0. The van der Waals surface area contributed by atoms with Gasteiger partial charge >= 0.3 is 7.60 Å². The number of benzene rings is 2. The number of hydrogen-bond donors (Lipinski definition) is 0. The van der Waals surface area contributed by atoms with E-state index >= 15 is 0 Å². The molecule has 4 heteroatoms. The molecule has 0 bridgehead atoms. The molecule has 0 aliphatic heterocycles. The smallest absolute Gasteiger partial charge is 0.305 e. The van der Waals surface area contributed by atoms with Crippen LogP contribution in [-0.4, -0.2) is 18.4 Å². The minimum atomic E-state index is -3.19. The van der Waals surface area contributed by atoms with Crippen LogP contribution in [0.4, 0.5) is 0 Å².